The molecule has 1 N–H and O–H groups in total. The van der Waals surface area contributed by atoms with Crippen molar-refractivity contribution in [1.29, 1.82) is 0 Å². The zero-order valence-corrected chi connectivity index (χ0v) is 10.3. The van der Waals surface area contributed by atoms with Crippen LogP contribution >= 0.6 is 0 Å². The van der Waals surface area contributed by atoms with E-state index >= 15 is 0 Å². The van der Waals surface area contributed by atoms with Gasteiger partial charge in [-0.25, -0.2) is 0 Å². The van der Waals surface area contributed by atoms with E-state index in [1.54, 1.807) is 19.2 Å². The number of hydrogen-bond donors (Lipinski definition) is 1. The zero-order valence-electron chi connectivity index (χ0n) is 10.3. The first-order valence-corrected chi connectivity index (χ1v) is 5.56. The Morgan fingerprint density at radius 1 is 1.22 bits per heavy atom. The van der Waals surface area contributed by atoms with Crippen LogP contribution in [0.2, 0.25) is 0 Å². The highest BCUT2D eigenvalue weighted by molar-refractivity contribution is 5.47. The third-order valence-electron chi connectivity index (χ3n) is 2.32. The van der Waals surface area contributed by atoms with Gasteiger partial charge in [-0.2, -0.15) is 0 Å². The number of ether oxygens (including phenoxy) is 2. The normalized spacial score (nSPS) is 13.2. The summed E-state index contributed by atoms with van der Waals surface area (Å²) in [6, 6.07) is 5.76. The molecule has 1 aromatic rings. The third-order valence-corrected chi connectivity index (χ3v) is 2.32. The molecule has 0 spiro atoms. The highest BCUT2D eigenvalue weighted by atomic mass is 19.4. The van der Waals surface area contributed by atoms with Crippen molar-refractivity contribution in [2.45, 2.75) is 25.7 Å². The maximum Gasteiger partial charge on any atom is 0.573 e. The minimum atomic E-state index is -4.66. The van der Waals surface area contributed by atoms with Gasteiger partial charge >= 0.3 is 6.36 Å². The number of halogens is 3. The van der Waals surface area contributed by atoms with Crippen LogP contribution in [0, 0.1) is 0 Å². The maximum absolute atomic E-state index is 12.0. The van der Waals surface area contributed by atoms with E-state index in [4.69, 9.17) is 4.74 Å². The molecule has 18 heavy (non-hydrogen) atoms. The van der Waals surface area contributed by atoms with Crippen LogP contribution in [0.1, 0.15) is 13.3 Å². The second kappa shape index (κ2) is 6.49. The van der Waals surface area contributed by atoms with Gasteiger partial charge in [0.15, 0.2) is 0 Å². The molecule has 0 saturated carbocycles. The van der Waals surface area contributed by atoms with Crippen LogP contribution in [0.5, 0.6) is 5.75 Å². The molecule has 0 aliphatic carbocycles. The fraction of sp³-hybridized carbons (Fsp3) is 0.500. The molecular weight excluding hydrogens is 247 g/mol. The Kier molecular flexibility index (Phi) is 5.27. The molecule has 0 radical (unpaired) electrons. The van der Waals surface area contributed by atoms with Crippen molar-refractivity contribution in [2.24, 2.45) is 0 Å². The van der Waals surface area contributed by atoms with E-state index in [0.717, 1.165) is 12.1 Å². The molecule has 0 fully saturated rings. The van der Waals surface area contributed by atoms with Crippen LogP contribution in [0.3, 0.4) is 0 Å². The van der Waals surface area contributed by atoms with Gasteiger partial charge < -0.3 is 14.8 Å². The molecule has 0 amide bonds. The van der Waals surface area contributed by atoms with Crippen LogP contribution in [0.25, 0.3) is 0 Å². The minimum Gasteiger partial charge on any atom is -0.406 e. The van der Waals surface area contributed by atoms with Gasteiger partial charge in [0.1, 0.15) is 5.75 Å². The van der Waals surface area contributed by atoms with Gasteiger partial charge in [0, 0.05) is 18.8 Å². The molecule has 3 nitrogen and oxygen atoms in total. The standard InChI is InChI=1S/C12H16F3NO2/c1-3-9(8-17-2)16-10-4-6-11(7-5-10)18-12(13,14)15/h4-7,9,16H,3,8H2,1-2H3. The Balaban J connectivity index is 2.59. The second-order valence-corrected chi connectivity index (χ2v) is 3.78. The van der Waals surface area contributed by atoms with Crippen LogP contribution < -0.4 is 10.1 Å². The summed E-state index contributed by atoms with van der Waals surface area (Å²) in [4.78, 5) is 0. The van der Waals surface area contributed by atoms with E-state index in [9.17, 15) is 13.2 Å². The summed E-state index contributed by atoms with van der Waals surface area (Å²) in [6.07, 6.45) is -3.80. The lowest BCUT2D eigenvalue weighted by Crippen LogP contribution is -2.23. The summed E-state index contributed by atoms with van der Waals surface area (Å²) in [5.74, 6) is -0.229. The predicted octanol–water partition coefficient (Wildman–Crippen LogP) is 3.42. The molecule has 0 aliphatic rings. The maximum atomic E-state index is 12.0. The van der Waals surface area contributed by atoms with Gasteiger partial charge in [0.05, 0.1) is 6.61 Å². The predicted molar refractivity (Wildman–Crippen MR) is 62.7 cm³/mol. The second-order valence-electron chi connectivity index (χ2n) is 3.78. The fourth-order valence-electron chi connectivity index (χ4n) is 1.45. The van der Waals surface area contributed by atoms with E-state index in [2.05, 4.69) is 10.1 Å². The van der Waals surface area contributed by atoms with E-state index in [-0.39, 0.29) is 11.8 Å². The number of anilines is 1. The number of benzene rings is 1. The molecule has 6 heteroatoms. The highest BCUT2D eigenvalue weighted by Crippen LogP contribution is 2.24. The molecule has 0 heterocycles. The van der Waals surface area contributed by atoms with Gasteiger partial charge in [0.2, 0.25) is 0 Å². The van der Waals surface area contributed by atoms with Crippen molar-refractivity contribution < 1.29 is 22.6 Å². The lowest BCUT2D eigenvalue weighted by atomic mass is 10.2. The van der Waals surface area contributed by atoms with Crippen LogP contribution in [-0.4, -0.2) is 26.1 Å². The average Bonchev–Trinajstić information content (AvgIpc) is 2.29. The molecule has 1 aromatic carbocycles. The zero-order chi connectivity index (χ0) is 13.6. The summed E-state index contributed by atoms with van der Waals surface area (Å²) >= 11 is 0. The van der Waals surface area contributed by atoms with E-state index in [1.807, 2.05) is 6.92 Å². The molecule has 0 aromatic heterocycles. The third kappa shape index (κ3) is 5.27. The van der Waals surface area contributed by atoms with Gasteiger partial charge in [-0.3, -0.25) is 0 Å². The highest BCUT2D eigenvalue weighted by Gasteiger charge is 2.30. The topological polar surface area (TPSA) is 30.5 Å². The SMILES string of the molecule is CCC(COC)Nc1ccc(OC(F)(F)F)cc1. The van der Waals surface area contributed by atoms with E-state index < -0.39 is 6.36 Å². The lowest BCUT2D eigenvalue weighted by molar-refractivity contribution is -0.274. The van der Waals surface area contributed by atoms with Crippen molar-refractivity contribution in [3.8, 4) is 5.75 Å². The summed E-state index contributed by atoms with van der Waals surface area (Å²) in [5, 5.41) is 3.16. The molecule has 1 unspecified atom stereocenters. The monoisotopic (exact) mass is 263 g/mol. The van der Waals surface area contributed by atoms with Crippen molar-refractivity contribution in [3.63, 3.8) is 0 Å². The summed E-state index contributed by atoms with van der Waals surface area (Å²) in [6.45, 7) is 2.54. The Bertz CT molecular complexity index is 351. The molecule has 1 rings (SSSR count). The molecular formula is C12H16F3NO2. The number of hydrogen-bond acceptors (Lipinski definition) is 3. The van der Waals surface area contributed by atoms with Crippen LogP contribution in [0.4, 0.5) is 18.9 Å². The van der Waals surface area contributed by atoms with Crippen LogP contribution in [-0.2, 0) is 4.74 Å². The Morgan fingerprint density at radius 2 is 1.83 bits per heavy atom. The Hall–Kier alpha value is -1.43. The van der Waals surface area contributed by atoms with Crippen LogP contribution in [0.15, 0.2) is 24.3 Å². The molecule has 1 atom stereocenters. The van der Waals surface area contributed by atoms with Crippen molar-refractivity contribution in [3.05, 3.63) is 24.3 Å². The Labute approximate surface area is 104 Å². The first-order chi connectivity index (χ1) is 8.44. The summed E-state index contributed by atoms with van der Waals surface area (Å²) < 4.78 is 44.7. The molecule has 0 bridgehead atoms. The fourth-order valence-corrected chi connectivity index (χ4v) is 1.45. The average molecular weight is 263 g/mol. The largest absolute Gasteiger partial charge is 0.573 e. The Morgan fingerprint density at radius 3 is 2.28 bits per heavy atom. The van der Waals surface area contributed by atoms with Gasteiger partial charge in [-0.1, -0.05) is 6.92 Å². The summed E-state index contributed by atoms with van der Waals surface area (Å²) in [7, 11) is 1.60. The smallest absolute Gasteiger partial charge is 0.406 e. The van der Waals surface area contributed by atoms with Gasteiger partial charge in [-0.05, 0) is 30.7 Å². The van der Waals surface area contributed by atoms with Crippen molar-refractivity contribution in [2.75, 3.05) is 19.0 Å². The van der Waals surface area contributed by atoms with Crippen molar-refractivity contribution in [1.82, 2.24) is 0 Å². The van der Waals surface area contributed by atoms with E-state index in [1.165, 1.54) is 12.1 Å². The van der Waals surface area contributed by atoms with Gasteiger partial charge in [0.25, 0.3) is 0 Å². The van der Waals surface area contributed by atoms with Crippen molar-refractivity contribution >= 4 is 5.69 Å². The quantitative estimate of drug-likeness (QED) is 0.853. The first kappa shape index (κ1) is 14.6. The van der Waals surface area contributed by atoms with Gasteiger partial charge in [-0.15, -0.1) is 13.2 Å². The lowest BCUT2D eigenvalue weighted by Gasteiger charge is -2.17. The first-order valence-electron chi connectivity index (χ1n) is 5.56. The van der Waals surface area contributed by atoms with E-state index in [0.29, 0.717) is 6.61 Å². The number of rotatable bonds is 6. The molecule has 102 valence electrons. The molecule has 0 saturated heterocycles. The molecule has 0 aliphatic heterocycles. The number of nitrogens with one attached hydrogen (secondary N) is 1. The summed E-state index contributed by atoms with van der Waals surface area (Å²) in [5.41, 5.74) is 0.730. The number of alkyl halides is 3. The minimum absolute atomic E-state index is 0.129. The number of methoxy groups -OCH3 is 1.